The first-order chi connectivity index (χ1) is 12.9. The largest absolute Gasteiger partial charge is 0.481 e. The zero-order valence-corrected chi connectivity index (χ0v) is 16.8. The van der Waals surface area contributed by atoms with E-state index < -0.39 is 11.5 Å². The fourth-order valence-corrected chi connectivity index (χ4v) is 4.04. The third-order valence-electron chi connectivity index (χ3n) is 5.57. The first-order valence-corrected chi connectivity index (χ1v) is 10.2. The number of rotatable bonds is 7. The van der Waals surface area contributed by atoms with Crippen molar-refractivity contribution in [3.63, 3.8) is 0 Å². The molecule has 0 spiro atoms. The van der Waals surface area contributed by atoms with Crippen molar-refractivity contribution in [1.82, 2.24) is 4.90 Å². The molecule has 2 aliphatic rings. The van der Waals surface area contributed by atoms with Crippen LogP contribution in [-0.2, 0) is 14.3 Å². The molecule has 1 heterocycles. The van der Waals surface area contributed by atoms with E-state index in [1.807, 2.05) is 6.92 Å². The summed E-state index contributed by atoms with van der Waals surface area (Å²) in [6.07, 6.45) is 4.03. The number of halogens is 1. The van der Waals surface area contributed by atoms with Crippen LogP contribution in [0.3, 0.4) is 0 Å². The van der Waals surface area contributed by atoms with E-state index in [1.165, 1.54) is 12.8 Å². The van der Waals surface area contributed by atoms with Gasteiger partial charge in [-0.15, -0.1) is 0 Å². The topological polar surface area (TPSA) is 55.8 Å². The van der Waals surface area contributed by atoms with Gasteiger partial charge in [0.25, 0.3) is 5.91 Å². The second-order valence-corrected chi connectivity index (χ2v) is 8.13. The molecule has 1 aliphatic carbocycles. The van der Waals surface area contributed by atoms with Gasteiger partial charge in [-0.3, -0.25) is 9.59 Å². The van der Waals surface area contributed by atoms with Crippen LogP contribution in [0.25, 0.3) is 0 Å². The molecule has 2 fully saturated rings. The quantitative estimate of drug-likeness (QED) is 0.655. The number of carbonyl (C=O) groups is 2. The number of ether oxygens (including phenoxy) is 2. The monoisotopic (exact) mass is 393 g/mol. The molecule has 1 aliphatic heterocycles. The van der Waals surface area contributed by atoms with E-state index in [9.17, 15) is 9.59 Å². The molecule has 6 heteroatoms. The van der Waals surface area contributed by atoms with Crippen LogP contribution in [0.4, 0.5) is 0 Å². The highest BCUT2D eigenvalue weighted by atomic mass is 35.5. The summed E-state index contributed by atoms with van der Waals surface area (Å²) in [5.74, 6) is 1.07. The molecule has 0 N–H and O–H groups in total. The summed E-state index contributed by atoms with van der Waals surface area (Å²) in [4.78, 5) is 27.2. The number of nitrogens with zero attached hydrogens (tertiary/aromatic N) is 1. The third kappa shape index (κ3) is 4.95. The third-order valence-corrected chi connectivity index (χ3v) is 5.81. The van der Waals surface area contributed by atoms with E-state index >= 15 is 0 Å². The minimum absolute atomic E-state index is 0.0566. The number of amides is 1. The van der Waals surface area contributed by atoms with Gasteiger partial charge in [-0.25, -0.2) is 0 Å². The molecular formula is C21H28ClNO4. The van der Waals surface area contributed by atoms with Gasteiger partial charge in [0.05, 0.1) is 12.0 Å². The molecule has 0 aromatic heterocycles. The molecule has 3 rings (SSSR count). The van der Waals surface area contributed by atoms with Gasteiger partial charge < -0.3 is 14.4 Å². The SMILES string of the molecule is CCOC(=O)C1(CC2CC2)CCN(C(=O)C(C)Oc2cccc(Cl)c2)CC1. The summed E-state index contributed by atoms with van der Waals surface area (Å²) in [5, 5.41) is 0.574. The van der Waals surface area contributed by atoms with Crippen LogP contribution in [0.2, 0.25) is 5.02 Å². The van der Waals surface area contributed by atoms with Gasteiger partial charge in [0.15, 0.2) is 6.10 Å². The van der Waals surface area contributed by atoms with Crippen molar-refractivity contribution in [1.29, 1.82) is 0 Å². The number of hydrogen-bond acceptors (Lipinski definition) is 4. The normalized spacial score (nSPS) is 20.0. The Bertz CT molecular complexity index is 681. The number of benzene rings is 1. The highest BCUT2D eigenvalue weighted by Gasteiger charge is 2.47. The lowest BCUT2D eigenvalue weighted by Gasteiger charge is -2.40. The lowest BCUT2D eigenvalue weighted by Crippen LogP contribution is -2.50. The number of esters is 1. The van der Waals surface area contributed by atoms with Crippen LogP contribution in [0.1, 0.15) is 46.0 Å². The van der Waals surface area contributed by atoms with E-state index in [0.717, 1.165) is 6.42 Å². The fourth-order valence-electron chi connectivity index (χ4n) is 3.86. The second-order valence-electron chi connectivity index (χ2n) is 7.69. The minimum Gasteiger partial charge on any atom is -0.481 e. The standard InChI is InChI=1S/C21H28ClNO4/c1-3-26-20(25)21(14-16-7-8-16)9-11-23(12-10-21)19(24)15(2)27-18-6-4-5-17(22)13-18/h4-6,13,15-16H,3,7-12,14H2,1-2H3. The maximum Gasteiger partial charge on any atom is 0.312 e. The summed E-state index contributed by atoms with van der Waals surface area (Å²) >= 11 is 5.97. The number of carbonyl (C=O) groups excluding carboxylic acids is 2. The molecule has 148 valence electrons. The second kappa shape index (κ2) is 8.51. The molecule has 1 saturated carbocycles. The minimum atomic E-state index is -0.595. The first kappa shape index (κ1) is 20.0. The Balaban J connectivity index is 1.59. The van der Waals surface area contributed by atoms with Gasteiger partial charge in [0, 0.05) is 18.1 Å². The summed E-state index contributed by atoms with van der Waals surface area (Å²) in [5.41, 5.74) is -0.426. The molecule has 1 aromatic carbocycles. The molecule has 0 radical (unpaired) electrons. The molecule has 1 aromatic rings. The van der Waals surface area contributed by atoms with E-state index in [-0.39, 0.29) is 11.9 Å². The van der Waals surface area contributed by atoms with Crippen LogP contribution in [-0.4, -0.2) is 42.6 Å². The van der Waals surface area contributed by atoms with Crippen LogP contribution in [0.15, 0.2) is 24.3 Å². The fraction of sp³-hybridized carbons (Fsp3) is 0.619. The first-order valence-electron chi connectivity index (χ1n) is 9.82. The average Bonchev–Trinajstić information content (AvgIpc) is 3.46. The Hall–Kier alpha value is -1.75. The Labute approximate surface area is 166 Å². The van der Waals surface area contributed by atoms with E-state index in [4.69, 9.17) is 21.1 Å². The highest BCUT2D eigenvalue weighted by Crippen LogP contribution is 2.46. The number of likely N-dealkylation sites (tertiary alicyclic amines) is 1. The van der Waals surface area contributed by atoms with Crippen LogP contribution in [0.5, 0.6) is 5.75 Å². The van der Waals surface area contributed by atoms with Gasteiger partial charge in [-0.2, -0.15) is 0 Å². The van der Waals surface area contributed by atoms with Crippen LogP contribution >= 0.6 is 11.6 Å². The predicted octanol–water partition coefficient (Wildman–Crippen LogP) is 4.08. The van der Waals surface area contributed by atoms with Crippen molar-refractivity contribution in [2.45, 2.75) is 52.1 Å². The lowest BCUT2D eigenvalue weighted by molar-refractivity contribution is -0.162. The molecule has 1 amide bonds. The van der Waals surface area contributed by atoms with Crippen molar-refractivity contribution < 1.29 is 19.1 Å². The van der Waals surface area contributed by atoms with Gasteiger partial charge in [-0.1, -0.05) is 30.5 Å². The molecule has 1 saturated heterocycles. The van der Waals surface area contributed by atoms with Crippen molar-refractivity contribution in [3.05, 3.63) is 29.3 Å². The zero-order valence-electron chi connectivity index (χ0n) is 16.1. The molecule has 5 nitrogen and oxygen atoms in total. The Morgan fingerprint density at radius 3 is 2.59 bits per heavy atom. The maximum atomic E-state index is 12.8. The molecular weight excluding hydrogens is 366 g/mol. The van der Waals surface area contributed by atoms with E-state index in [2.05, 4.69) is 0 Å². The summed E-state index contributed by atoms with van der Waals surface area (Å²) in [7, 11) is 0. The number of hydrogen-bond donors (Lipinski definition) is 0. The Kier molecular flexibility index (Phi) is 6.30. The van der Waals surface area contributed by atoms with Crippen molar-refractivity contribution >= 4 is 23.5 Å². The smallest absolute Gasteiger partial charge is 0.312 e. The molecule has 27 heavy (non-hydrogen) atoms. The summed E-state index contributed by atoms with van der Waals surface area (Å²) < 4.78 is 11.1. The van der Waals surface area contributed by atoms with Crippen molar-refractivity contribution in [2.75, 3.05) is 19.7 Å². The van der Waals surface area contributed by atoms with E-state index in [0.29, 0.717) is 49.2 Å². The summed E-state index contributed by atoms with van der Waals surface area (Å²) in [6.45, 7) is 5.12. The van der Waals surface area contributed by atoms with Crippen LogP contribution in [0, 0.1) is 11.3 Å². The highest BCUT2D eigenvalue weighted by molar-refractivity contribution is 6.30. The van der Waals surface area contributed by atoms with Gasteiger partial charge in [0.1, 0.15) is 5.75 Å². The average molecular weight is 394 g/mol. The molecule has 1 unspecified atom stereocenters. The lowest BCUT2D eigenvalue weighted by atomic mass is 9.74. The predicted molar refractivity (Wildman–Crippen MR) is 104 cm³/mol. The summed E-state index contributed by atoms with van der Waals surface area (Å²) in [6, 6.07) is 7.04. The van der Waals surface area contributed by atoms with Crippen LogP contribution < -0.4 is 4.74 Å². The maximum absolute atomic E-state index is 12.8. The van der Waals surface area contributed by atoms with Crippen molar-refractivity contribution in [3.8, 4) is 5.75 Å². The number of piperidine rings is 1. The van der Waals surface area contributed by atoms with Gasteiger partial charge in [-0.05, 0) is 57.2 Å². The molecule has 1 atom stereocenters. The van der Waals surface area contributed by atoms with E-state index in [1.54, 1.807) is 36.1 Å². The van der Waals surface area contributed by atoms with Crippen molar-refractivity contribution in [2.24, 2.45) is 11.3 Å². The Morgan fingerprint density at radius 2 is 2.00 bits per heavy atom. The Morgan fingerprint density at radius 1 is 1.30 bits per heavy atom. The van der Waals surface area contributed by atoms with Gasteiger partial charge in [0.2, 0.25) is 0 Å². The van der Waals surface area contributed by atoms with Gasteiger partial charge >= 0.3 is 5.97 Å². The molecule has 0 bridgehead atoms. The zero-order chi connectivity index (χ0) is 19.4.